The summed E-state index contributed by atoms with van der Waals surface area (Å²) in [6.45, 7) is 3.35. The molecule has 1 unspecified atom stereocenters. The van der Waals surface area contributed by atoms with E-state index in [0.717, 1.165) is 36.4 Å². The van der Waals surface area contributed by atoms with E-state index in [1.807, 2.05) is 13.1 Å². The van der Waals surface area contributed by atoms with Crippen molar-refractivity contribution < 1.29 is 4.79 Å². The number of fused-ring (bicyclic) bond motifs is 1. The molecule has 1 aromatic heterocycles. The zero-order valence-corrected chi connectivity index (χ0v) is 13.3. The summed E-state index contributed by atoms with van der Waals surface area (Å²) < 4.78 is 2.09. The van der Waals surface area contributed by atoms with E-state index in [1.54, 1.807) is 0 Å². The van der Waals surface area contributed by atoms with Crippen molar-refractivity contribution in [3.63, 3.8) is 0 Å². The Kier molecular flexibility index (Phi) is 3.53. The summed E-state index contributed by atoms with van der Waals surface area (Å²) in [4.78, 5) is 15.4. The number of hydrogen-bond acceptors (Lipinski definition) is 2. The second-order valence-corrected chi connectivity index (χ2v) is 7.11. The Bertz CT molecular complexity index is 699. The van der Waals surface area contributed by atoms with Crippen molar-refractivity contribution in [1.29, 1.82) is 0 Å². The van der Waals surface area contributed by atoms with Gasteiger partial charge in [-0.1, -0.05) is 12.1 Å². The summed E-state index contributed by atoms with van der Waals surface area (Å²) in [5.41, 5.74) is 2.03. The summed E-state index contributed by atoms with van der Waals surface area (Å²) in [7, 11) is 2.04. The standard InChI is InChI=1S/C19H24N2O/c1-20-10-8-15-6-7-16(11-18(15)20)19(22)17-3-2-9-21(13-17)12-14-4-5-14/h6-8,10-11,14,17H,2-5,9,12-13H2,1H3. The highest BCUT2D eigenvalue weighted by Gasteiger charge is 2.30. The minimum absolute atomic E-state index is 0.185. The molecule has 2 fully saturated rings. The largest absolute Gasteiger partial charge is 0.351 e. The SMILES string of the molecule is Cn1ccc2ccc(C(=O)C3CCCN(CC4CC4)C3)cc21. The van der Waals surface area contributed by atoms with Crippen LogP contribution in [0.1, 0.15) is 36.0 Å². The fraction of sp³-hybridized carbons (Fsp3) is 0.526. The summed E-state index contributed by atoms with van der Waals surface area (Å²) in [5.74, 6) is 1.43. The van der Waals surface area contributed by atoms with Gasteiger partial charge >= 0.3 is 0 Å². The number of nitrogens with zero attached hydrogens (tertiary/aromatic N) is 2. The van der Waals surface area contributed by atoms with Crippen LogP contribution >= 0.6 is 0 Å². The molecular weight excluding hydrogens is 272 g/mol. The van der Waals surface area contributed by atoms with Gasteiger partial charge in [-0.2, -0.15) is 0 Å². The van der Waals surface area contributed by atoms with E-state index >= 15 is 0 Å². The van der Waals surface area contributed by atoms with Crippen molar-refractivity contribution in [3.8, 4) is 0 Å². The first-order valence-electron chi connectivity index (χ1n) is 8.52. The lowest BCUT2D eigenvalue weighted by Gasteiger charge is -2.32. The van der Waals surface area contributed by atoms with E-state index in [-0.39, 0.29) is 5.92 Å². The highest BCUT2D eigenvalue weighted by Crippen LogP contribution is 2.32. The molecule has 22 heavy (non-hydrogen) atoms. The van der Waals surface area contributed by atoms with Crippen LogP contribution in [0.3, 0.4) is 0 Å². The van der Waals surface area contributed by atoms with Gasteiger partial charge in [0, 0.05) is 43.3 Å². The second-order valence-electron chi connectivity index (χ2n) is 7.11. The zero-order chi connectivity index (χ0) is 15.1. The molecule has 0 bridgehead atoms. The number of carbonyl (C=O) groups is 1. The molecule has 0 spiro atoms. The molecule has 0 N–H and O–H groups in total. The maximum atomic E-state index is 12.9. The minimum atomic E-state index is 0.185. The van der Waals surface area contributed by atoms with E-state index in [2.05, 4.69) is 33.9 Å². The number of aromatic nitrogens is 1. The van der Waals surface area contributed by atoms with Gasteiger partial charge in [0.1, 0.15) is 0 Å². The highest BCUT2D eigenvalue weighted by molar-refractivity contribution is 6.01. The second kappa shape index (κ2) is 5.54. The quantitative estimate of drug-likeness (QED) is 0.807. The maximum absolute atomic E-state index is 12.9. The normalized spacial score (nSPS) is 23.0. The molecule has 3 heteroatoms. The molecule has 1 saturated heterocycles. The maximum Gasteiger partial charge on any atom is 0.167 e. The van der Waals surface area contributed by atoms with Crippen LogP contribution in [0.15, 0.2) is 30.5 Å². The van der Waals surface area contributed by atoms with Gasteiger partial charge in [0.25, 0.3) is 0 Å². The topological polar surface area (TPSA) is 25.2 Å². The first-order valence-corrected chi connectivity index (χ1v) is 8.52. The van der Waals surface area contributed by atoms with Crippen LogP contribution in [-0.4, -0.2) is 34.9 Å². The van der Waals surface area contributed by atoms with Crippen LogP contribution in [0.2, 0.25) is 0 Å². The molecule has 2 aromatic rings. The molecule has 0 radical (unpaired) electrons. The van der Waals surface area contributed by atoms with E-state index in [1.165, 1.54) is 31.3 Å². The Morgan fingerprint density at radius 1 is 1.23 bits per heavy atom. The van der Waals surface area contributed by atoms with Crippen LogP contribution in [0.5, 0.6) is 0 Å². The Hall–Kier alpha value is -1.61. The molecule has 2 aliphatic rings. The average Bonchev–Trinajstić information content (AvgIpc) is 3.28. The van der Waals surface area contributed by atoms with Crippen LogP contribution < -0.4 is 0 Å². The number of ketones is 1. The zero-order valence-electron chi connectivity index (χ0n) is 13.3. The number of Topliss-reactive ketones (excluding diaryl/α,β-unsaturated/α-hetero) is 1. The van der Waals surface area contributed by atoms with Crippen LogP contribution in [-0.2, 0) is 7.05 Å². The molecule has 1 atom stereocenters. The molecule has 1 saturated carbocycles. The van der Waals surface area contributed by atoms with Gasteiger partial charge in [-0.3, -0.25) is 4.79 Å². The van der Waals surface area contributed by atoms with Crippen molar-refractivity contribution in [1.82, 2.24) is 9.47 Å². The highest BCUT2D eigenvalue weighted by atomic mass is 16.1. The third-order valence-electron chi connectivity index (χ3n) is 5.26. The van der Waals surface area contributed by atoms with Crippen molar-refractivity contribution in [2.45, 2.75) is 25.7 Å². The van der Waals surface area contributed by atoms with Crippen molar-refractivity contribution in [2.75, 3.05) is 19.6 Å². The number of carbonyl (C=O) groups excluding carboxylic acids is 1. The number of benzene rings is 1. The average molecular weight is 296 g/mol. The number of likely N-dealkylation sites (tertiary alicyclic amines) is 1. The van der Waals surface area contributed by atoms with E-state index in [4.69, 9.17) is 0 Å². The third kappa shape index (κ3) is 2.70. The molecular formula is C19H24N2O. The fourth-order valence-electron chi connectivity index (χ4n) is 3.75. The smallest absolute Gasteiger partial charge is 0.167 e. The van der Waals surface area contributed by atoms with Crippen LogP contribution in [0.4, 0.5) is 0 Å². The number of hydrogen-bond donors (Lipinski definition) is 0. The van der Waals surface area contributed by atoms with E-state index in [9.17, 15) is 4.79 Å². The molecule has 1 aliphatic heterocycles. The minimum Gasteiger partial charge on any atom is -0.351 e. The Balaban J connectivity index is 1.52. The van der Waals surface area contributed by atoms with Crippen LogP contribution in [0, 0.1) is 11.8 Å². The summed E-state index contributed by atoms with van der Waals surface area (Å²) in [5, 5.41) is 1.21. The van der Waals surface area contributed by atoms with Crippen molar-refractivity contribution in [2.24, 2.45) is 18.9 Å². The van der Waals surface area contributed by atoms with Gasteiger partial charge in [-0.25, -0.2) is 0 Å². The molecule has 1 aromatic carbocycles. The van der Waals surface area contributed by atoms with Gasteiger partial charge in [-0.15, -0.1) is 0 Å². The molecule has 2 heterocycles. The van der Waals surface area contributed by atoms with E-state index in [0.29, 0.717) is 5.78 Å². The Morgan fingerprint density at radius 3 is 2.91 bits per heavy atom. The van der Waals surface area contributed by atoms with Gasteiger partial charge in [0.2, 0.25) is 0 Å². The first-order chi connectivity index (χ1) is 10.7. The lowest BCUT2D eigenvalue weighted by atomic mass is 9.89. The predicted molar refractivity (Wildman–Crippen MR) is 89.1 cm³/mol. The lowest BCUT2D eigenvalue weighted by molar-refractivity contribution is 0.0815. The summed E-state index contributed by atoms with van der Waals surface area (Å²) in [6, 6.07) is 8.25. The van der Waals surface area contributed by atoms with Crippen LogP contribution in [0.25, 0.3) is 10.9 Å². The third-order valence-corrected chi connectivity index (χ3v) is 5.26. The molecule has 1 aliphatic carbocycles. The monoisotopic (exact) mass is 296 g/mol. The van der Waals surface area contributed by atoms with Gasteiger partial charge in [0.05, 0.1) is 0 Å². The fourth-order valence-corrected chi connectivity index (χ4v) is 3.75. The number of aryl methyl sites for hydroxylation is 1. The lowest BCUT2D eigenvalue weighted by Crippen LogP contribution is -2.39. The van der Waals surface area contributed by atoms with Crippen molar-refractivity contribution in [3.05, 3.63) is 36.0 Å². The van der Waals surface area contributed by atoms with Gasteiger partial charge < -0.3 is 9.47 Å². The Morgan fingerprint density at radius 2 is 2.09 bits per heavy atom. The van der Waals surface area contributed by atoms with Gasteiger partial charge in [-0.05, 0) is 55.7 Å². The molecule has 0 amide bonds. The molecule has 116 valence electrons. The summed E-state index contributed by atoms with van der Waals surface area (Å²) >= 11 is 0. The Labute approximate surface area is 131 Å². The number of piperidine rings is 1. The summed E-state index contributed by atoms with van der Waals surface area (Å²) in [6.07, 6.45) is 7.04. The van der Waals surface area contributed by atoms with Crippen molar-refractivity contribution >= 4 is 16.7 Å². The first kappa shape index (κ1) is 14.0. The molecule has 3 nitrogen and oxygen atoms in total. The number of rotatable bonds is 4. The predicted octanol–water partition coefficient (Wildman–Crippen LogP) is 3.48. The van der Waals surface area contributed by atoms with Gasteiger partial charge in [0.15, 0.2) is 5.78 Å². The van der Waals surface area contributed by atoms with E-state index < -0.39 is 0 Å². The molecule has 4 rings (SSSR count).